The van der Waals surface area contributed by atoms with Crippen molar-refractivity contribution in [2.24, 2.45) is 11.8 Å². The number of carboxylic acid groups (broad SMARTS) is 1. The number of anilines is 1. The molecule has 4 atom stereocenters. The van der Waals surface area contributed by atoms with Crippen LogP contribution in [0.2, 0.25) is 0 Å². The molecule has 3 heterocycles. The van der Waals surface area contributed by atoms with E-state index in [2.05, 4.69) is 10.3 Å². The Morgan fingerprint density at radius 1 is 1.00 bits per heavy atom. The molecule has 9 nitrogen and oxygen atoms in total. The first kappa shape index (κ1) is 23.7. The number of aromatic hydroxyl groups is 1. The summed E-state index contributed by atoms with van der Waals surface area (Å²) in [7, 11) is 1.41. The van der Waals surface area contributed by atoms with Crippen molar-refractivity contribution in [3.05, 3.63) is 90.1 Å². The average Bonchev–Trinajstić information content (AvgIpc) is 3.57. The minimum atomic E-state index is -1.83. The smallest absolute Gasteiger partial charge is 0.325 e. The summed E-state index contributed by atoms with van der Waals surface area (Å²) in [5, 5.41) is 25.7. The highest BCUT2D eigenvalue weighted by molar-refractivity contribution is 6.24. The Hall–Kier alpha value is -4.63. The molecule has 4 aromatic rings. The third-order valence-corrected chi connectivity index (χ3v) is 7.78. The quantitative estimate of drug-likeness (QED) is 0.292. The number of aromatic amines is 1. The van der Waals surface area contributed by atoms with Crippen molar-refractivity contribution < 1.29 is 29.3 Å². The van der Waals surface area contributed by atoms with Gasteiger partial charge in [0.25, 0.3) is 0 Å². The van der Waals surface area contributed by atoms with E-state index in [0.717, 1.165) is 15.8 Å². The normalized spacial score (nSPS) is 24.7. The van der Waals surface area contributed by atoms with Gasteiger partial charge in [0.1, 0.15) is 5.54 Å². The highest BCUT2D eigenvalue weighted by atomic mass is 16.5. The number of aliphatic carboxylic acids is 1. The minimum Gasteiger partial charge on any atom is -0.504 e. The molecule has 2 aliphatic rings. The maximum absolute atomic E-state index is 14.0. The van der Waals surface area contributed by atoms with E-state index >= 15 is 0 Å². The minimum absolute atomic E-state index is 0.0591. The molecule has 192 valence electrons. The number of hydrogen-bond donors (Lipinski definition) is 4. The van der Waals surface area contributed by atoms with Crippen molar-refractivity contribution in [2.45, 2.75) is 18.0 Å². The van der Waals surface area contributed by atoms with E-state index in [9.17, 15) is 24.6 Å². The van der Waals surface area contributed by atoms with E-state index in [0.29, 0.717) is 11.3 Å². The van der Waals surface area contributed by atoms with Crippen LogP contribution < -0.4 is 15.0 Å². The number of rotatable bonds is 6. The summed E-state index contributed by atoms with van der Waals surface area (Å²) in [6.45, 7) is 0. The lowest BCUT2D eigenvalue weighted by Gasteiger charge is -2.31. The first-order valence-corrected chi connectivity index (χ1v) is 12.2. The molecule has 0 aliphatic carbocycles. The van der Waals surface area contributed by atoms with Crippen molar-refractivity contribution in [2.75, 3.05) is 12.0 Å². The number of H-pyrrole nitrogens is 1. The van der Waals surface area contributed by atoms with Gasteiger partial charge in [-0.2, -0.15) is 0 Å². The van der Waals surface area contributed by atoms with Crippen LogP contribution in [-0.4, -0.2) is 45.6 Å². The number of phenols is 1. The van der Waals surface area contributed by atoms with Gasteiger partial charge >= 0.3 is 5.97 Å². The van der Waals surface area contributed by atoms with Gasteiger partial charge in [-0.1, -0.05) is 48.5 Å². The lowest BCUT2D eigenvalue weighted by Crippen LogP contribution is -2.57. The summed E-state index contributed by atoms with van der Waals surface area (Å²) in [4.78, 5) is 45.3. The number of ether oxygens (including phenoxy) is 1. The second-order valence-electron chi connectivity index (χ2n) is 9.68. The number of aromatic nitrogens is 1. The molecule has 0 radical (unpaired) electrons. The van der Waals surface area contributed by atoms with Gasteiger partial charge in [0.2, 0.25) is 11.8 Å². The van der Waals surface area contributed by atoms with E-state index in [-0.39, 0.29) is 23.5 Å². The van der Waals surface area contributed by atoms with Crippen molar-refractivity contribution in [1.29, 1.82) is 0 Å². The van der Waals surface area contributed by atoms with Crippen molar-refractivity contribution in [1.82, 2.24) is 10.3 Å². The molecule has 2 aliphatic heterocycles. The largest absolute Gasteiger partial charge is 0.504 e. The molecule has 6 rings (SSSR count). The second-order valence-corrected chi connectivity index (χ2v) is 9.68. The molecule has 9 heteroatoms. The molecule has 2 saturated heterocycles. The molecular formula is C29H25N3O6. The number of nitrogens with zero attached hydrogens (tertiary/aromatic N) is 1. The van der Waals surface area contributed by atoms with Gasteiger partial charge in [-0.3, -0.25) is 19.7 Å². The van der Waals surface area contributed by atoms with E-state index < -0.39 is 41.2 Å². The van der Waals surface area contributed by atoms with Gasteiger partial charge in [-0.05, 0) is 29.8 Å². The van der Waals surface area contributed by atoms with Gasteiger partial charge < -0.3 is 19.9 Å². The van der Waals surface area contributed by atoms with E-state index in [4.69, 9.17) is 4.74 Å². The van der Waals surface area contributed by atoms with Crippen LogP contribution in [0.5, 0.6) is 11.5 Å². The molecule has 0 saturated carbocycles. The summed E-state index contributed by atoms with van der Waals surface area (Å²) >= 11 is 0. The zero-order valence-electron chi connectivity index (χ0n) is 20.4. The number of fused-ring (bicyclic) bond motifs is 2. The van der Waals surface area contributed by atoms with Crippen LogP contribution in [-0.2, 0) is 20.8 Å². The number of benzene rings is 3. The number of hydrogen-bond acceptors (Lipinski definition) is 6. The summed E-state index contributed by atoms with van der Waals surface area (Å²) < 4.78 is 5.27. The van der Waals surface area contributed by atoms with Gasteiger partial charge in [-0.25, -0.2) is 4.90 Å². The number of phenolic OH excluding ortho intramolecular Hbond substituents is 1. The molecule has 2 fully saturated rings. The summed E-state index contributed by atoms with van der Waals surface area (Å²) in [6.07, 6.45) is 1.68. The van der Waals surface area contributed by atoms with Crippen LogP contribution in [0.4, 0.5) is 5.69 Å². The molecule has 38 heavy (non-hydrogen) atoms. The van der Waals surface area contributed by atoms with Gasteiger partial charge in [0.05, 0.1) is 24.6 Å². The van der Waals surface area contributed by atoms with Crippen molar-refractivity contribution >= 4 is 34.4 Å². The van der Waals surface area contributed by atoms with Crippen LogP contribution in [0.3, 0.4) is 0 Å². The Kier molecular flexibility index (Phi) is 5.46. The first-order chi connectivity index (χ1) is 18.4. The molecule has 0 bridgehead atoms. The highest BCUT2D eigenvalue weighted by Gasteiger charge is 2.69. The van der Waals surface area contributed by atoms with Gasteiger partial charge in [0.15, 0.2) is 11.5 Å². The topological polar surface area (TPSA) is 132 Å². The number of carboxylic acids is 1. The standard InChI is InChI=1S/C29H25N3O6/c1-38-21-13-7-11-19(25(21)33)24-22-23(27(35)32(26(22)34)17-8-3-2-4-9-17)29(31-24,28(36)37)14-16-15-30-20-12-6-5-10-18(16)20/h2-13,15,22-24,30-31,33H,14H2,1H3,(H,36,37)/t22-,23+,24+,29+/m1/s1. The number of methoxy groups -OCH3 is 1. The Morgan fingerprint density at radius 2 is 1.74 bits per heavy atom. The number of nitrogens with one attached hydrogen (secondary N) is 2. The Bertz CT molecular complexity index is 1580. The number of carbonyl (C=O) groups excluding carboxylic acids is 2. The van der Waals surface area contributed by atoms with Crippen LogP contribution in [0.15, 0.2) is 79.0 Å². The first-order valence-electron chi connectivity index (χ1n) is 12.2. The van der Waals surface area contributed by atoms with E-state index in [1.165, 1.54) is 7.11 Å². The average molecular weight is 512 g/mol. The fourth-order valence-corrected chi connectivity index (χ4v) is 6.07. The van der Waals surface area contributed by atoms with Gasteiger partial charge in [0, 0.05) is 35.1 Å². The Morgan fingerprint density at radius 3 is 2.47 bits per heavy atom. The molecule has 4 N–H and O–H groups in total. The predicted octanol–water partition coefficient (Wildman–Crippen LogP) is 3.40. The fraction of sp³-hybridized carbons (Fsp3) is 0.207. The SMILES string of the molecule is COc1cccc([C@@H]2N[C@](Cc3c[nH]c4ccccc34)(C(=O)O)[C@@H]3C(=O)N(c4ccccc4)C(=O)[C@H]32)c1O. The Balaban J connectivity index is 1.54. The fourth-order valence-electron chi connectivity index (χ4n) is 6.07. The molecule has 0 unspecified atom stereocenters. The highest BCUT2D eigenvalue weighted by Crippen LogP contribution is 2.53. The van der Waals surface area contributed by atoms with Crippen LogP contribution >= 0.6 is 0 Å². The number of imide groups is 1. The molecule has 3 aromatic carbocycles. The molecule has 2 amide bonds. The summed E-state index contributed by atoms with van der Waals surface area (Å²) in [5.41, 5.74) is 0.364. The summed E-state index contributed by atoms with van der Waals surface area (Å²) in [5.74, 6) is -4.68. The number of amides is 2. The summed E-state index contributed by atoms with van der Waals surface area (Å²) in [6, 6.07) is 19.9. The third-order valence-electron chi connectivity index (χ3n) is 7.78. The van der Waals surface area contributed by atoms with Crippen molar-refractivity contribution in [3.8, 4) is 11.5 Å². The lowest BCUT2D eigenvalue weighted by atomic mass is 9.76. The van der Waals surface area contributed by atoms with E-state index in [1.54, 1.807) is 54.7 Å². The lowest BCUT2D eigenvalue weighted by molar-refractivity contribution is -0.148. The number of para-hydroxylation sites is 3. The monoisotopic (exact) mass is 511 g/mol. The van der Waals surface area contributed by atoms with E-state index in [1.807, 2.05) is 24.3 Å². The molecular weight excluding hydrogens is 486 g/mol. The molecule has 0 spiro atoms. The zero-order chi connectivity index (χ0) is 26.6. The second kappa shape index (κ2) is 8.74. The maximum atomic E-state index is 14.0. The van der Waals surface area contributed by atoms with Crippen LogP contribution in [0, 0.1) is 11.8 Å². The predicted molar refractivity (Wildman–Crippen MR) is 139 cm³/mol. The maximum Gasteiger partial charge on any atom is 0.325 e. The number of carbonyl (C=O) groups is 3. The van der Waals surface area contributed by atoms with Crippen LogP contribution in [0.25, 0.3) is 10.9 Å². The van der Waals surface area contributed by atoms with Crippen molar-refractivity contribution in [3.63, 3.8) is 0 Å². The van der Waals surface area contributed by atoms with Gasteiger partial charge in [-0.15, -0.1) is 0 Å². The zero-order valence-corrected chi connectivity index (χ0v) is 20.4. The third kappa shape index (κ3) is 3.32. The molecule has 1 aromatic heterocycles. The van der Waals surface area contributed by atoms with Crippen LogP contribution in [0.1, 0.15) is 17.2 Å². The Labute approximate surface area is 217 Å².